The van der Waals surface area contributed by atoms with Crippen LogP contribution >= 0.6 is 0 Å². The second-order valence-corrected chi connectivity index (χ2v) is 3.89. The van der Waals surface area contributed by atoms with Crippen molar-refractivity contribution in [1.82, 2.24) is 5.32 Å². The fourth-order valence-electron chi connectivity index (χ4n) is 1.53. The first-order valence-corrected chi connectivity index (χ1v) is 5.37. The summed E-state index contributed by atoms with van der Waals surface area (Å²) in [7, 11) is 0. The average molecular weight is 281 g/mol. The van der Waals surface area contributed by atoms with Gasteiger partial charge in [0.25, 0.3) is 0 Å². The number of hydrogen-bond acceptors (Lipinski definition) is 6. The zero-order chi connectivity index (χ0) is 13.7. The summed E-state index contributed by atoms with van der Waals surface area (Å²) in [4.78, 5) is 33.8. The van der Waals surface area contributed by atoms with Crippen molar-refractivity contribution in [3.05, 3.63) is 0 Å². The number of carboxylic acid groups (broad SMARTS) is 2. The Kier molecular flexibility index (Phi) is 7.38. The first-order valence-electron chi connectivity index (χ1n) is 5.37. The number of rotatable bonds is 2. The van der Waals surface area contributed by atoms with Gasteiger partial charge >= 0.3 is 29.0 Å². The molecule has 0 radical (unpaired) electrons. The Labute approximate surface area is 125 Å². The zero-order valence-electron chi connectivity index (χ0n) is 10.1. The topological polar surface area (TPSA) is 142 Å². The van der Waals surface area contributed by atoms with Crippen LogP contribution in [0.2, 0.25) is 0 Å². The Morgan fingerprint density at radius 2 is 1.95 bits per heavy atom. The Hall–Kier alpha value is -1.35. The van der Waals surface area contributed by atoms with Gasteiger partial charge < -0.3 is 25.4 Å². The van der Waals surface area contributed by atoms with E-state index in [4.69, 9.17) is 5.11 Å². The molecule has 0 aromatic carbocycles. The second-order valence-electron chi connectivity index (χ2n) is 3.89. The van der Waals surface area contributed by atoms with Crippen molar-refractivity contribution in [2.45, 2.75) is 37.8 Å². The van der Waals surface area contributed by atoms with Gasteiger partial charge in [-0.3, -0.25) is 9.79 Å². The number of carboxylic acids is 2. The maximum absolute atomic E-state index is 10.4. The summed E-state index contributed by atoms with van der Waals surface area (Å²) in [5.41, 5.74) is 0. The van der Waals surface area contributed by atoms with E-state index < -0.39 is 24.0 Å². The molecule has 2 aliphatic rings. The molecule has 19 heavy (non-hydrogen) atoms. The maximum Gasteiger partial charge on any atom is 2.00 e. The molecule has 100 valence electrons. The van der Waals surface area contributed by atoms with Crippen LogP contribution in [-0.4, -0.2) is 64.0 Å². The number of carbonyl (C=O) groups is 3. The van der Waals surface area contributed by atoms with Crippen molar-refractivity contribution in [2.75, 3.05) is 0 Å². The van der Waals surface area contributed by atoms with E-state index in [1.54, 1.807) is 0 Å². The first-order chi connectivity index (χ1) is 8.40. The fraction of sp³-hybridized carbons (Fsp3) is 0.600. The fourth-order valence-corrected chi connectivity index (χ4v) is 1.53. The molecular formula is C10H12MgN2O6. The third-order valence-corrected chi connectivity index (χ3v) is 2.50. The van der Waals surface area contributed by atoms with Gasteiger partial charge in [-0.1, -0.05) is 0 Å². The molecule has 9 heteroatoms. The molecule has 1 saturated heterocycles. The minimum atomic E-state index is -1.25. The Balaban J connectivity index is 0.000000324. The van der Waals surface area contributed by atoms with Crippen molar-refractivity contribution < 1.29 is 29.7 Å². The molecule has 2 N–H and O–H groups in total. The zero-order valence-corrected chi connectivity index (χ0v) is 11.5. The van der Waals surface area contributed by atoms with Crippen LogP contribution in [-0.2, 0) is 14.4 Å². The number of aliphatic carboxylic acids is 2. The third kappa shape index (κ3) is 5.88. The third-order valence-electron chi connectivity index (χ3n) is 2.50. The molecule has 0 bridgehead atoms. The Morgan fingerprint density at radius 1 is 1.32 bits per heavy atom. The van der Waals surface area contributed by atoms with E-state index in [-0.39, 0.29) is 41.3 Å². The van der Waals surface area contributed by atoms with Gasteiger partial charge in [0.2, 0.25) is 5.91 Å². The Morgan fingerprint density at radius 3 is 2.16 bits per heavy atom. The van der Waals surface area contributed by atoms with E-state index in [9.17, 15) is 24.6 Å². The van der Waals surface area contributed by atoms with Crippen LogP contribution in [0.3, 0.4) is 0 Å². The van der Waals surface area contributed by atoms with Crippen LogP contribution in [0.4, 0.5) is 0 Å². The number of nitrogens with one attached hydrogen (secondary N) is 1. The standard InChI is InChI=1S/2C5H7NO3.Mg/c2*7-4-2-1-3(6-4)5(8)9;/h2*3H,1-2H2,(H,6,7)(H,8,9);/q;;+2/p-2. The molecule has 2 unspecified atom stereocenters. The molecular weight excluding hydrogens is 268 g/mol. The Bertz CT molecular complexity index is 397. The second kappa shape index (κ2) is 7.95. The van der Waals surface area contributed by atoms with E-state index in [0.29, 0.717) is 19.3 Å². The molecule has 1 amide bonds. The van der Waals surface area contributed by atoms with Gasteiger partial charge in [-0.2, -0.15) is 0 Å². The number of amides is 1. The molecule has 0 aromatic rings. The van der Waals surface area contributed by atoms with Crippen LogP contribution in [0.5, 0.6) is 0 Å². The van der Waals surface area contributed by atoms with E-state index in [0.717, 1.165) is 0 Å². The van der Waals surface area contributed by atoms with E-state index in [1.807, 2.05) is 0 Å². The summed E-state index contributed by atoms with van der Waals surface area (Å²) in [5, 5.41) is 30.9. The molecule has 8 nitrogen and oxygen atoms in total. The van der Waals surface area contributed by atoms with Crippen molar-refractivity contribution in [3.8, 4) is 0 Å². The van der Waals surface area contributed by atoms with Crippen molar-refractivity contribution in [3.63, 3.8) is 0 Å². The summed E-state index contributed by atoms with van der Waals surface area (Å²) in [6.07, 6.45) is 1.32. The molecule has 2 atom stereocenters. The average Bonchev–Trinajstić information content (AvgIpc) is 2.88. The van der Waals surface area contributed by atoms with E-state index >= 15 is 0 Å². The SMILES string of the molecule is O=C([O-])C1CCC([O-])=N1.O=C1CCC(C(=O)O)N1.[Mg+2]. The van der Waals surface area contributed by atoms with Crippen molar-refractivity contribution in [2.24, 2.45) is 4.99 Å². The summed E-state index contributed by atoms with van der Waals surface area (Å²) in [6, 6.07) is -1.52. The van der Waals surface area contributed by atoms with Crippen LogP contribution in [0.1, 0.15) is 25.7 Å². The minimum absolute atomic E-state index is 0. The van der Waals surface area contributed by atoms with Gasteiger partial charge in [-0.05, 0) is 25.2 Å². The molecule has 0 aliphatic carbocycles. The largest absolute Gasteiger partial charge is 2.00 e. The number of nitrogens with zero attached hydrogens (tertiary/aromatic N) is 1. The maximum atomic E-state index is 10.4. The monoisotopic (exact) mass is 280 g/mol. The van der Waals surface area contributed by atoms with Gasteiger partial charge in [0.05, 0.1) is 12.0 Å². The summed E-state index contributed by atoms with van der Waals surface area (Å²) in [5.74, 6) is -2.69. The minimum Gasteiger partial charge on any atom is -0.862 e. The summed E-state index contributed by atoms with van der Waals surface area (Å²) in [6.45, 7) is 0. The van der Waals surface area contributed by atoms with Crippen LogP contribution < -0.4 is 15.5 Å². The quantitative estimate of drug-likeness (QED) is 0.505. The normalized spacial score (nSPS) is 24.4. The van der Waals surface area contributed by atoms with Crippen molar-refractivity contribution in [1.29, 1.82) is 0 Å². The summed E-state index contributed by atoms with van der Waals surface area (Å²) >= 11 is 0. The van der Waals surface area contributed by atoms with Gasteiger partial charge in [-0.15, -0.1) is 0 Å². The molecule has 0 spiro atoms. The predicted molar refractivity (Wildman–Crippen MR) is 60.0 cm³/mol. The van der Waals surface area contributed by atoms with Gasteiger partial charge in [-0.25, -0.2) is 4.79 Å². The molecule has 1 fully saturated rings. The van der Waals surface area contributed by atoms with Gasteiger partial charge in [0.1, 0.15) is 6.04 Å². The predicted octanol–water partition coefficient (Wildman–Crippen LogP) is -3.37. The number of hydrogen-bond donors (Lipinski definition) is 2. The van der Waals surface area contributed by atoms with Crippen LogP contribution in [0.25, 0.3) is 0 Å². The number of aliphatic imine (C=N–C) groups is 1. The first kappa shape index (κ1) is 17.6. The molecule has 0 aromatic heterocycles. The molecule has 0 saturated carbocycles. The van der Waals surface area contributed by atoms with Crippen LogP contribution in [0.15, 0.2) is 4.99 Å². The molecule has 2 rings (SSSR count). The van der Waals surface area contributed by atoms with Gasteiger partial charge in [0, 0.05) is 6.42 Å². The number of carbonyl (C=O) groups excluding carboxylic acids is 2. The summed E-state index contributed by atoms with van der Waals surface area (Å²) < 4.78 is 0. The van der Waals surface area contributed by atoms with E-state index in [2.05, 4.69) is 10.3 Å². The van der Waals surface area contributed by atoms with Gasteiger partial charge in [0.15, 0.2) is 0 Å². The van der Waals surface area contributed by atoms with E-state index in [1.165, 1.54) is 0 Å². The van der Waals surface area contributed by atoms with Crippen molar-refractivity contribution >= 4 is 46.8 Å². The van der Waals surface area contributed by atoms with Crippen LogP contribution in [0, 0.1) is 0 Å². The molecule has 2 aliphatic heterocycles. The smallest absolute Gasteiger partial charge is 0.862 e. The molecule has 2 heterocycles.